The van der Waals surface area contributed by atoms with Crippen molar-refractivity contribution in [3.8, 4) is 5.75 Å². The lowest BCUT2D eigenvalue weighted by molar-refractivity contribution is -0.214. The molecule has 4 atom stereocenters. The minimum Gasteiger partial charge on any atom is -0.485 e. The molecule has 254 valence electrons. The van der Waals surface area contributed by atoms with Gasteiger partial charge in [-0.15, -0.1) is 11.3 Å². The van der Waals surface area contributed by atoms with Crippen LogP contribution in [0.5, 0.6) is 5.75 Å². The van der Waals surface area contributed by atoms with Gasteiger partial charge in [0.2, 0.25) is 0 Å². The van der Waals surface area contributed by atoms with Crippen LogP contribution in [-0.4, -0.2) is 83.7 Å². The third-order valence-corrected chi connectivity index (χ3v) is 10.0. The Morgan fingerprint density at radius 2 is 2.06 bits per heavy atom. The lowest BCUT2D eigenvalue weighted by Gasteiger charge is -2.51. The van der Waals surface area contributed by atoms with E-state index in [0.29, 0.717) is 23.9 Å². The number of oxime groups is 1. The highest BCUT2D eigenvalue weighted by molar-refractivity contribution is 8.05. The number of carboxylic acid groups (broad SMARTS) is 1. The number of fused-ring (bicyclic) bond motifs is 1. The van der Waals surface area contributed by atoms with Gasteiger partial charge in [-0.25, -0.2) is 9.78 Å². The molecular formula is C30H39N7O8S2. The highest BCUT2D eigenvalue weighted by atomic mass is 32.2. The summed E-state index contributed by atoms with van der Waals surface area (Å²) in [6, 6.07) is 4.58. The molecule has 0 bridgehead atoms. The van der Waals surface area contributed by atoms with Crippen LogP contribution in [0.25, 0.3) is 0 Å². The van der Waals surface area contributed by atoms with E-state index in [1.54, 1.807) is 32.9 Å². The number of amidine groups is 1. The maximum Gasteiger partial charge on any atom is 0.354 e. The highest BCUT2D eigenvalue weighted by Crippen LogP contribution is 2.37. The Morgan fingerprint density at radius 1 is 1.34 bits per heavy atom. The van der Waals surface area contributed by atoms with Crippen molar-refractivity contribution in [3.05, 3.63) is 40.4 Å². The number of carbonyl (C=O) groups excluding carboxylic acids is 2. The number of carboxylic acids is 1. The van der Waals surface area contributed by atoms with Crippen molar-refractivity contribution in [2.75, 3.05) is 5.73 Å². The van der Waals surface area contributed by atoms with Crippen LogP contribution >= 0.6 is 22.4 Å². The van der Waals surface area contributed by atoms with E-state index in [9.17, 15) is 24.0 Å². The van der Waals surface area contributed by atoms with Crippen molar-refractivity contribution >= 4 is 62.2 Å². The van der Waals surface area contributed by atoms with Gasteiger partial charge in [-0.05, 0) is 88.4 Å². The smallest absolute Gasteiger partial charge is 0.354 e. The van der Waals surface area contributed by atoms with Crippen LogP contribution in [0, 0.1) is 5.92 Å². The number of nitrogens with one attached hydrogen (secondary N) is 1. The van der Waals surface area contributed by atoms with Crippen LogP contribution in [0.4, 0.5) is 5.13 Å². The highest BCUT2D eigenvalue weighted by Gasteiger charge is 2.57. The number of nitrogens with zero attached hydrogens (tertiary/aromatic N) is 4. The summed E-state index contributed by atoms with van der Waals surface area (Å²) >= 11 is -0.567. The van der Waals surface area contributed by atoms with Gasteiger partial charge in [0.15, 0.2) is 16.9 Å². The fourth-order valence-corrected chi connectivity index (χ4v) is 6.65. The number of aromatic nitrogens is 1. The Morgan fingerprint density at radius 3 is 2.66 bits per heavy atom. The molecule has 2 aromatic rings. The monoisotopic (exact) mass is 689 g/mol. The van der Waals surface area contributed by atoms with Gasteiger partial charge in [0.1, 0.15) is 23.3 Å². The van der Waals surface area contributed by atoms with Crippen molar-refractivity contribution in [2.24, 2.45) is 21.8 Å². The number of hydroxylamine groups is 2. The van der Waals surface area contributed by atoms with Crippen molar-refractivity contribution in [1.29, 1.82) is 0 Å². The van der Waals surface area contributed by atoms with E-state index >= 15 is 0 Å². The molecule has 17 heteroatoms. The number of nitrogens with two attached hydrogens (primary N) is 2. The van der Waals surface area contributed by atoms with E-state index in [4.69, 9.17) is 25.3 Å². The van der Waals surface area contributed by atoms with Gasteiger partial charge in [-0.1, -0.05) is 12.1 Å². The zero-order valence-electron chi connectivity index (χ0n) is 26.6. The van der Waals surface area contributed by atoms with Gasteiger partial charge >= 0.3 is 5.97 Å². The van der Waals surface area contributed by atoms with E-state index in [1.807, 2.05) is 6.07 Å². The Kier molecular flexibility index (Phi) is 9.64. The maximum atomic E-state index is 13.5. The molecule has 3 heterocycles. The van der Waals surface area contributed by atoms with E-state index in [-0.39, 0.29) is 23.3 Å². The molecule has 2 fully saturated rings. The van der Waals surface area contributed by atoms with Gasteiger partial charge in [0.05, 0.1) is 22.6 Å². The number of anilines is 1. The standard InChI is InChI=1S/C30H39N7O8S2/c1-6-47(42)45-37-26(39)23(29(37,3)4)35-25(38)22(19-14-46-28(32)34-19)36-44-30(5,27(40)41)21-10-8-16-13-17(7-9-20(16)43-21)24(31)33-18-11-15(2)12-18/h6-7,9,13-15,18,21,23,42H,8,10-12H2,1-5H3,(H2,31,33)(H2,32,34)(H,35,38)(H,40,41)/b36-22-/t15?,18?,21-,23-,30+,47?/m1/s1. The van der Waals surface area contributed by atoms with Gasteiger partial charge in [0.25, 0.3) is 17.4 Å². The van der Waals surface area contributed by atoms with E-state index < -0.39 is 57.8 Å². The summed E-state index contributed by atoms with van der Waals surface area (Å²) < 4.78 is 21.2. The number of hydrogen-bond acceptors (Lipinski definition) is 12. The fraction of sp³-hybridized carbons (Fsp3) is 0.500. The molecular weight excluding hydrogens is 651 g/mol. The van der Waals surface area contributed by atoms with Crippen LogP contribution in [0.2, 0.25) is 0 Å². The molecule has 1 aromatic carbocycles. The molecule has 0 radical (unpaired) electrons. The molecule has 1 saturated heterocycles. The van der Waals surface area contributed by atoms with Gasteiger partial charge in [-0.3, -0.25) is 14.6 Å². The number of nitrogen functional groups attached to an aromatic ring is 1. The first kappa shape index (κ1) is 34.3. The van der Waals surface area contributed by atoms with Gasteiger partial charge in [0, 0.05) is 10.9 Å². The molecule has 3 aliphatic rings. The number of ether oxygens (including phenoxy) is 1. The predicted molar refractivity (Wildman–Crippen MR) is 178 cm³/mol. The first-order chi connectivity index (χ1) is 22.1. The Hall–Kier alpha value is -4.06. The molecule has 5 rings (SSSR count). The third kappa shape index (κ3) is 6.83. The number of benzene rings is 1. The zero-order chi connectivity index (χ0) is 34.3. The third-order valence-electron chi connectivity index (χ3n) is 8.62. The molecule has 2 amide bonds. The Bertz CT molecular complexity index is 1670. The second-order valence-electron chi connectivity index (χ2n) is 12.5. The summed E-state index contributed by atoms with van der Waals surface area (Å²) in [5, 5.41) is 20.8. The summed E-state index contributed by atoms with van der Waals surface area (Å²) in [6.45, 7) is 8.34. The van der Waals surface area contributed by atoms with Crippen molar-refractivity contribution in [2.45, 2.75) is 89.6 Å². The Balaban J connectivity index is 1.34. The predicted octanol–water partition coefficient (Wildman–Crippen LogP) is 2.70. The minimum absolute atomic E-state index is 0.0194. The molecule has 15 nitrogen and oxygen atoms in total. The van der Waals surface area contributed by atoms with E-state index in [2.05, 4.69) is 27.4 Å². The number of thiazole rings is 1. The summed E-state index contributed by atoms with van der Waals surface area (Å²) in [6.07, 6.45) is 1.77. The number of carbonyl (C=O) groups is 3. The first-order valence-electron chi connectivity index (χ1n) is 15.0. The average molecular weight is 690 g/mol. The zero-order valence-corrected chi connectivity index (χ0v) is 28.3. The summed E-state index contributed by atoms with van der Waals surface area (Å²) in [4.78, 5) is 53.4. The minimum atomic E-state index is -2.03. The molecule has 47 heavy (non-hydrogen) atoms. The van der Waals surface area contributed by atoms with Crippen molar-refractivity contribution in [3.63, 3.8) is 0 Å². The average Bonchev–Trinajstić information content (AvgIpc) is 3.45. The molecule has 1 aromatic heterocycles. The van der Waals surface area contributed by atoms with Crippen molar-refractivity contribution < 1.29 is 37.9 Å². The van der Waals surface area contributed by atoms with Gasteiger partial charge in [-0.2, -0.15) is 9.35 Å². The first-order valence-corrected chi connectivity index (χ1v) is 17.1. The molecule has 1 unspecified atom stereocenters. The molecule has 0 spiro atoms. The van der Waals surface area contributed by atoms with Crippen LogP contribution in [0.15, 0.2) is 33.7 Å². The van der Waals surface area contributed by atoms with Crippen LogP contribution in [0.1, 0.15) is 70.7 Å². The molecule has 1 aliphatic carbocycles. The number of rotatable bonds is 11. The van der Waals surface area contributed by atoms with Crippen LogP contribution in [-0.2, 0) is 29.9 Å². The summed E-state index contributed by atoms with van der Waals surface area (Å²) in [5.41, 5.74) is 10.3. The SMILES string of the molecule is C/C=S(\O)ON1C(=O)[C@@H](NC(=O)/C(=N\O[C@](C)(C(=O)O)[C@H]2CCc3cc(C(N)=NC4CC(C)C4)ccc3O2)c2csc(N)n2)C1(C)C. The largest absolute Gasteiger partial charge is 0.485 e. The summed E-state index contributed by atoms with van der Waals surface area (Å²) in [7, 11) is 0. The second-order valence-corrected chi connectivity index (χ2v) is 14.6. The van der Waals surface area contributed by atoms with Crippen LogP contribution < -0.4 is 21.5 Å². The second kappa shape index (κ2) is 13.2. The summed E-state index contributed by atoms with van der Waals surface area (Å²) in [5.74, 6) is -1.26. The van der Waals surface area contributed by atoms with E-state index in [0.717, 1.165) is 40.4 Å². The lowest BCUT2D eigenvalue weighted by atomic mass is 9.82. The fourth-order valence-electron chi connectivity index (χ4n) is 5.59. The molecule has 7 N–H and O–H groups in total. The lowest BCUT2D eigenvalue weighted by Crippen LogP contribution is -2.76. The molecule has 1 saturated carbocycles. The Labute approximate surface area is 278 Å². The normalized spacial score (nSPS) is 25.8. The number of β-lactam (4-membered cyclic amide) rings is 1. The van der Waals surface area contributed by atoms with Crippen LogP contribution in [0.3, 0.4) is 0 Å². The maximum absolute atomic E-state index is 13.5. The van der Waals surface area contributed by atoms with Gasteiger partial charge < -0.3 is 36.0 Å². The van der Waals surface area contributed by atoms with Crippen molar-refractivity contribution in [1.82, 2.24) is 15.4 Å². The van der Waals surface area contributed by atoms with E-state index in [1.165, 1.54) is 17.7 Å². The number of amides is 2. The quantitative estimate of drug-likeness (QED) is 0.0758. The topological polar surface area (TPSA) is 224 Å². The number of aliphatic imine (C=N–C) groups is 1. The number of aryl methyl sites for hydroxylation is 1. The molecule has 2 aliphatic heterocycles. The number of aliphatic carboxylic acids is 1. The number of hydrogen-bond donors (Lipinski definition) is 5.